The first kappa shape index (κ1) is 23.8. The second-order valence-electron chi connectivity index (χ2n) is 8.52. The number of benzene rings is 3. The lowest BCUT2D eigenvalue weighted by Crippen LogP contribution is -2.38. The SMILES string of the molecule is Cc1cc(C)c(S(=O)(=O)N[C@@H](C)CNc2ccc(F)c3c2cnn3-c2ccc(F)cc2)c(C)c1. The molecule has 4 aromatic rings. The summed E-state index contributed by atoms with van der Waals surface area (Å²) < 4.78 is 58.1. The highest BCUT2D eigenvalue weighted by molar-refractivity contribution is 7.89. The van der Waals surface area contributed by atoms with Gasteiger partial charge >= 0.3 is 0 Å². The van der Waals surface area contributed by atoms with E-state index < -0.39 is 27.7 Å². The number of aromatic nitrogens is 2. The van der Waals surface area contributed by atoms with Crippen molar-refractivity contribution >= 4 is 26.6 Å². The minimum absolute atomic E-state index is 0.246. The monoisotopic (exact) mass is 484 g/mol. The minimum atomic E-state index is -3.72. The van der Waals surface area contributed by atoms with E-state index in [-0.39, 0.29) is 17.0 Å². The fraction of sp³-hybridized carbons (Fsp3) is 0.240. The third-order valence-corrected chi connectivity index (χ3v) is 7.48. The van der Waals surface area contributed by atoms with E-state index in [1.165, 1.54) is 41.2 Å². The van der Waals surface area contributed by atoms with Crippen LogP contribution in [0.4, 0.5) is 14.5 Å². The average molecular weight is 485 g/mol. The van der Waals surface area contributed by atoms with Gasteiger partial charge in [-0.25, -0.2) is 26.6 Å². The Kier molecular flexibility index (Phi) is 6.42. The largest absolute Gasteiger partial charge is 0.383 e. The zero-order chi connectivity index (χ0) is 24.6. The van der Waals surface area contributed by atoms with Crippen molar-refractivity contribution in [1.82, 2.24) is 14.5 Å². The molecule has 0 amide bonds. The summed E-state index contributed by atoms with van der Waals surface area (Å²) in [6.07, 6.45) is 1.53. The molecule has 0 aliphatic rings. The van der Waals surface area contributed by atoms with E-state index in [2.05, 4.69) is 15.1 Å². The maximum Gasteiger partial charge on any atom is 0.241 e. The molecule has 0 saturated carbocycles. The van der Waals surface area contributed by atoms with Crippen LogP contribution in [0.25, 0.3) is 16.6 Å². The molecule has 1 atom stereocenters. The number of nitrogens with one attached hydrogen (secondary N) is 2. The summed E-state index contributed by atoms with van der Waals surface area (Å²) in [5, 5.41) is 8.00. The summed E-state index contributed by atoms with van der Waals surface area (Å²) in [6.45, 7) is 7.52. The van der Waals surface area contributed by atoms with Gasteiger partial charge in [-0.1, -0.05) is 17.7 Å². The van der Waals surface area contributed by atoms with Gasteiger partial charge in [-0.2, -0.15) is 5.10 Å². The molecule has 0 spiro atoms. The van der Waals surface area contributed by atoms with Crippen LogP contribution >= 0.6 is 0 Å². The molecule has 0 radical (unpaired) electrons. The van der Waals surface area contributed by atoms with Crippen molar-refractivity contribution in [1.29, 1.82) is 0 Å². The molecule has 9 heteroatoms. The Morgan fingerprint density at radius 2 is 1.65 bits per heavy atom. The summed E-state index contributed by atoms with van der Waals surface area (Å²) in [7, 11) is -3.72. The maximum absolute atomic E-state index is 14.7. The highest BCUT2D eigenvalue weighted by Gasteiger charge is 2.22. The lowest BCUT2D eigenvalue weighted by Gasteiger charge is -2.19. The molecule has 1 heterocycles. The number of rotatable bonds is 7. The van der Waals surface area contributed by atoms with E-state index >= 15 is 0 Å². The summed E-state index contributed by atoms with van der Waals surface area (Å²) in [4.78, 5) is 0.287. The van der Waals surface area contributed by atoms with Gasteiger partial charge in [-0.15, -0.1) is 0 Å². The molecule has 1 aromatic heterocycles. The summed E-state index contributed by atoms with van der Waals surface area (Å²) in [6, 6.07) is 11.8. The van der Waals surface area contributed by atoms with Gasteiger partial charge in [0.05, 0.1) is 16.8 Å². The number of fused-ring (bicyclic) bond motifs is 1. The van der Waals surface area contributed by atoms with E-state index in [4.69, 9.17) is 0 Å². The Hall–Kier alpha value is -3.30. The zero-order valence-electron chi connectivity index (χ0n) is 19.4. The Bertz CT molecular complexity index is 1440. The normalized spacial score (nSPS) is 12.8. The zero-order valence-corrected chi connectivity index (χ0v) is 20.2. The second-order valence-corrected chi connectivity index (χ2v) is 10.2. The number of aryl methyl sites for hydroxylation is 3. The maximum atomic E-state index is 14.7. The van der Waals surface area contributed by atoms with Gasteiger partial charge in [-0.05, 0) is 75.2 Å². The van der Waals surface area contributed by atoms with E-state index in [9.17, 15) is 17.2 Å². The molecule has 0 aliphatic carbocycles. The molecule has 6 nitrogen and oxygen atoms in total. The molecule has 0 fully saturated rings. The van der Waals surface area contributed by atoms with Gasteiger partial charge in [0, 0.05) is 23.7 Å². The van der Waals surface area contributed by atoms with Gasteiger partial charge in [0.1, 0.15) is 17.2 Å². The fourth-order valence-corrected chi connectivity index (χ4v) is 5.95. The van der Waals surface area contributed by atoms with Crippen LogP contribution in [0, 0.1) is 32.4 Å². The molecule has 2 N–H and O–H groups in total. The van der Waals surface area contributed by atoms with Gasteiger partial charge in [-0.3, -0.25) is 0 Å². The van der Waals surface area contributed by atoms with Crippen LogP contribution in [0.5, 0.6) is 0 Å². The van der Waals surface area contributed by atoms with Crippen molar-refractivity contribution in [2.45, 2.75) is 38.6 Å². The van der Waals surface area contributed by atoms with Crippen molar-refractivity contribution in [3.8, 4) is 5.69 Å². The fourth-order valence-electron chi connectivity index (χ4n) is 4.25. The average Bonchev–Trinajstić information content (AvgIpc) is 3.18. The van der Waals surface area contributed by atoms with Crippen LogP contribution in [-0.4, -0.2) is 30.8 Å². The Balaban J connectivity index is 1.55. The topological polar surface area (TPSA) is 76.0 Å². The lowest BCUT2D eigenvalue weighted by atomic mass is 10.1. The van der Waals surface area contributed by atoms with Crippen LogP contribution in [0.2, 0.25) is 0 Å². The van der Waals surface area contributed by atoms with E-state index in [1.54, 1.807) is 26.8 Å². The third kappa shape index (κ3) is 4.67. The number of anilines is 1. The van der Waals surface area contributed by atoms with Gasteiger partial charge in [0.2, 0.25) is 10.0 Å². The Morgan fingerprint density at radius 3 is 2.29 bits per heavy atom. The van der Waals surface area contributed by atoms with Crippen LogP contribution in [-0.2, 0) is 10.0 Å². The first-order chi connectivity index (χ1) is 16.1. The van der Waals surface area contributed by atoms with Crippen LogP contribution in [0.3, 0.4) is 0 Å². The molecule has 3 aromatic carbocycles. The van der Waals surface area contributed by atoms with Gasteiger partial charge in [0.15, 0.2) is 0 Å². The number of nitrogens with zero attached hydrogens (tertiary/aromatic N) is 2. The van der Waals surface area contributed by atoms with E-state index in [0.717, 1.165) is 5.56 Å². The van der Waals surface area contributed by atoms with Crippen LogP contribution < -0.4 is 10.0 Å². The van der Waals surface area contributed by atoms with E-state index in [1.807, 2.05) is 19.1 Å². The number of hydrogen-bond donors (Lipinski definition) is 2. The van der Waals surface area contributed by atoms with Crippen LogP contribution in [0.15, 0.2) is 59.6 Å². The summed E-state index contributed by atoms with van der Waals surface area (Å²) in [5.41, 5.74) is 3.77. The second kappa shape index (κ2) is 9.15. The number of hydrogen-bond acceptors (Lipinski definition) is 4. The lowest BCUT2D eigenvalue weighted by molar-refractivity contribution is 0.564. The molecular weight excluding hydrogens is 458 g/mol. The van der Waals surface area contributed by atoms with Crippen molar-refractivity contribution in [2.75, 3.05) is 11.9 Å². The number of sulfonamides is 1. The quantitative estimate of drug-likeness (QED) is 0.387. The van der Waals surface area contributed by atoms with Crippen molar-refractivity contribution in [3.63, 3.8) is 0 Å². The van der Waals surface area contributed by atoms with Gasteiger partial charge < -0.3 is 5.32 Å². The van der Waals surface area contributed by atoms with Crippen molar-refractivity contribution in [3.05, 3.63) is 83.1 Å². The highest BCUT2D eigenvalue weighted by Crippen LogP contribution is 2.28. The highest BCUT2D eigenvalue weighted by atomic mass is 32.2. The van der Waals surface area contributed by atoms with Crippen LogP contribution in [0.1, 0.15) is 23.6 Å². The predicted molar refractivity (Wildman–Crippen MR) is 130 cm³/mol. The smallest absolute Gasteiger partial charge is 0.241 e. The minimum Gasteiger partial charge on any atom is -0.383 e. The first-order valence-corrected chi connectivity index (χ1v) is 12.3. The van der Waals surface area contributed by atoms with Crippen molar-refractivity contribution < 1.29 is 17.2 Å². The number of halogens is 2. The van der Waals surface area contributed by atoms with Gasteiger partial charge in [0.25, 0.3) is 0 Å². The molecule has 178 valence electrons. The van der Waals surface area contributed by atoms with E-state index in [0.29, 0.717) is 27.9 Å². The summed E-state index contributed by atoms with van der Waals surface area (Å²) in [5.74, 6) is -0.864. The predicted octanol–water partition coefficient (Wildman–Crippen LogP) is 5.01. The molecule has 0 bridgehead atoms. The molecule has 0 unspecified atom stereocenters. The first-order valence-electron chi connectivity index (χ1n) is 10.8. The Labute approximate surface area is 197 Å². The molecule has 34 heavy (non-hydrogen) atoms. The standard InChI is InChI=1S/C25H26F2N4O2S/c1-15-11-16(2)25(17(3)12-15)34(32,33)30-18(4)13-28-23-10-9-22(27)24-21(23)14-29-31(24)20-7-5-19(26)6-8-20/h5-12,14,18,28,30H,13H2,1-4H3/t18-/m0/s1. The van der Waals surface area contributed by atoms with Crippen molar-refractivity contribution in [2.24, 2.45) is 0 Å². The molecule has 0 saturated heterocycles. The molecule has 0 aliphatic heterocycles. The molecule has 4 rings (SSSR count). The Morgan fingerprint density at radius 1 is 1.00 bits per heavy atom. The summed E-state index contributed by atoms with van der Waals surface area (Å²) >= 11 is 0. The third-order valence-electron chi connectivity index (χ3n) is 5.58. The molecular formula is C25H26F2N4O2S.